The molecule has 0 atom stereocenters. The maximum atomic E-state index is 4.74. The molecule has 5 heteroatoms. The number of hydrogen-bond acceptors (Lipinski definition) is 5. The van der Waals surface area contributed by atoms with Crippen LogP contribution >= 0.6 is 11.8 Å². The van der Waals surface area contributed by atoms with Gasteiger partial charge in [0.25, 0.3) is 0 Å². The van der Waals surface area contributed by atoms with Gasteiger partial charge in [-0.05, 0) is 31.9 Å². The smallest absolute Gasteiger partial charge is 0.191 e. The number of aromatic nitrogens is 2. The van der Waals surface area contributed by atoms with Gasteiger partial charge in [0.2, 0.25) is 0 Å². The van der Waals surface area contributed by atoms with Crippen molar-refractivity contribution in [1.82, 2.24) is 9.97 Å². The molecule has 0 aliphatic carbocycles. The molecule has 0 saturated carbocycles. The van der Waals surface area contributed by atoms with E-state index in [4.69, 9.17) is 4.98 Å². The SMILES string of the molecule is CCNc1cc(N(CC(C)C)C(CC)CC)nc(SC)n1. The first kappa shape index (κ1) is 18.1. The summed E-state index contributed by atoms with van der Waals surface area (Å²) in [7, 11) is 0. The van der Waals surface area contributed by atoms with Gasteiger partial charge in [0.1, 0.15) is 11.6 Å². The summed E-state index contributed by atoms with van der Waals surface area (Å²) < 4.78 is 0. The first-order valence-electron chi connectivity index (χ1n) is 7.99. The highest BCUT2D eigenvalue weighted by Crippen LogP contribution is 2.25. The molecule has 0 fully saturated rings. The summed E-state index contributed by atoms with van der Waals surface area (Å²) in [5, 5.41) is 4.15. The van der Waals surface area contributed by atoms with Crippen LogP contribution in [0.3, 0.4) is 0 Å². The molecule has 0 saturated heterocycles. The minimum atomic E-state index is 0.534. The lowest BCUT2D eigenvalue weighted by atomic mass is 10.1. The van der Waals surface area contributed by atoms with Gasteiger partial charge >= 0.3 is 0 Å². The predicted octanol–water partition coefficient (Wildman–Crippen LogP) is 4.28. The van der Waals surface area contributed by atoms with Gasteiger partial charge in [-0.15, -0.1) is 0 Å². The molecule has 4 nitrogen and oxygen atoms in total. The first-order valence-corrected chi connectivity index (χ1v) is 9.21. The number of thioether (sulfide) groups is 1. The molecule has 0 spiro atoms. The molecule has 0 aromatic carbocycles. The van der Waals surface area contributed by atoms with Gasteiger partial charge in [-0.2, -0.15) is 0 Å². The minimum Gasteiger partial charge on any atom is -0.370 e. The van der Waals surface area contributed by atoms with Gasteiger partial charge < -0.3 is 10.2 Å². The Labute approximate surface area is 134 Å². The molecule has 0 unspecified atom stereocenters. The summed E-state index contributed by atoms with van der Waals surface area (Å²) in [6.07, 6.45) is 4.30. The summed E-state index contributed by atoms with van der Waals surface area (Å²) in [5.41, 5.74) is 0. The van der Waals surface area contributed by atoms with Crippen LogP contribution in [0, 0.1) is 5.92 Å². The van der Waals surface area contributed by atoms with E-state index >= 15 is 0 Å². The van der Waals surface area contributed by atoms with Gasteiger partial charge in [-0.1, -0.05) is 39.5 Å². The Balaban J connectivity index is 3.17. The second-order valence-electron chi connectivity index (χ2n) is 5.64. The van der Waals surface area contributed by atoms with Crippen molar-refractivity contribution in [3.63, 3.8) is 0 Å². The second kappa shape index (κ2) is 9.13. The minimum absolute atomic E-state index is 0.534. The van der Waals surface area contributed by atoms with E-state index in [1.807, 2.05) is 6.26 Å². The van der Waals surface area contributed by atoms with E-state index < -0.39 is 0 Å². The molecule has 0 aliphatic rings. The van der Waals surface area contributed by atoms with Crippen LogP contribution in [0.15, 0.2) is 11.2 Å². The number of nitrogens with one attached hydrogen (secondary N) is 1. The van der Waals surface area contributed by atoms with Crippen LogP contribution in [-0.2, 0) is 0 Å². The molecule has 0 radical (unpaired) electrons. The number of rotatable bonds is 9. The van der Waals surface area contributed by atoms with Gasteiger partial charge in [0.15, 0.2) is 5.16 Å². The van der Waals surface area contributed by atoms with Crippen molar-refractivity contribution < 1.29 is 0 Å². The Morgan fingerprint density at radius 3 is 2.33 bits per heavy atom. The Morgan fingerprint density at radius 1 is 1.19 bits per heavy atom. The summed E-state index contributed by atoms with van der Waals surface area (Å²) in [6, 6.07) is 2.62. The average molecular weight is 311 g/mol. The van der Waals surface area contributed by atoms with E-state index in [2.05, 4.69) is 55.9 Å². The van der Waals surface area contributed by atoms with E-state index in [1.54, 1.807) is 11.8 Å². The third-order valence-electron chi connectivity index (χ3n) is 3.47. The lowest BCUT2D eigenvalue weighted by Crippen LogP contribution is -2.38. The number of hydrogen-bond donors (Lipinski definition) is 1. The van der Waals surface area contributed by atoms with E-state index in [1.165, 1.54) is 0 Å². The normalized spacial score (nSPS) is 11.2. The largest absolute Gasteiger partial charge is 0.370 e. The molecule has 0 amide bonds. The van der Waals surface area contributed by atoms with Crippen LogP contribution in [0.2, 0.25) is 0 Å². The molecule has 1 aromatic rings. The number of nitrogens with zero attached hydrogens (tertiary/aromatic N) is 3. The third-order valence-corrected chi connectivity index (χ3v) is 4.02. The highest BCUT2D eigenvalue weighted by molar-refractivity contribution is 7.98. The molecule has 120 valence electrons. The fourth-order valence-electron chi connectivity index (χ4n) is 2.48. The van der Waals surface area contributed by atoms with E-state index in [0.29, 0.717) is 12.0 Å². The Hall–Kier alpha value is -0.970. The molecule has 1 heterocycles. The fourth-order valence-corrected chi connectivity index (χ4v) is 2.85. The van der Waals surface area contributed by atoms with Crippen LogP contribution in [0.5, 0.6) is 0 Å². The van der Waals surface area contributed by atoms with Crippen molar-refractivity contribution in [1.29, 1.82) is 0 Å². The van der Waals surface area contributed by atoms with Crippen LogP contribution in [0.4, 0.5) is 11.6 Å². The lowest BCUT2D eigenvalue weighted by molar-refractivity contribution is 0.501. The number of anilines is 2. The van der Waals surface area contributed by atoms with Crippen LogP contribution in [-0.4, -0.2) is 35.4 Å². The predicted molar refractivity (Wildman–Crippen MR) is 94.5 cm³/mol. The lowest BCUT2D eigenvalue weighted by Gasteiger charge is -2.33. The fraction of sp³-hybridized carbons (Fsp3) is 0.750. The molecular formula is C16H30N4S. The van der Waals surface area contributed by atoms with Crippen molar-refractivity contribution in [2.75, 3.05) is 29.6 Å². The zero-order chi connectivity index (χ0) is 15.8. The van der Waals surface area contributed by atoms with Crippen molar-refractivity contribution in [2.24, 2.45) is 5.92 Å². The molecule has 1 aromatic heterocycles. The topological polar surface area (TPSA) is 41.0 Å². The Bertz CT molecular complexity index is 419. The molecular weight excluding hydrogens is 280 g/mol. The van der Waals surface area contributed by atoms with Crippen molar-refractivity contribution >= 4 is 23.4 Å². The van der Waals surface area contributed by atoms with E-state index in [-0.39, 0.29) is 0 Å². The molecule has 1 N–H and O–H groups in total. The van der Waals surface area contributed by atoms with Gasteiger partial charge in [-0.25, -0.2) is 9.97 Å². The van der Waals surface area contributed by atoms with Crippen LogP contribution in [0.25, 0.3) is 0 Å². The van der Waals surface area contributed by atoms with Crippen molar-refractivity contribution in [3.05, 3.63) is 6.07 Å². The average Bonchev–Trinajstić information content (AvgIpc) is 2.47. The molecule has 21 heavy (non-hydrogen) atoms. The summed E-state index contributed by atoms with van der Waals surface area (Å²) in [6.45, 7) is 13.0. The highest BCUT2D eigenvalue weighted by atomic mass is 32.2. The third kappa shape index (κ3) is 5.38. The van der Waals surface area contributed by atoms with Crippen LogP contribution in [0.1, 0.15) is 47.5 Å². The van der Waals surface area contributed by atoms with Crippen LogP contribution < -0.4 is 10.2 Å². The maximum Gasteiger partial charge on any atom is 0.191 e. The molecule has 1 rings (SSSR count). The summed E-state index contributed by atoms with van der Waals surface area (Å²) in [4.78, 5) is 11.7. The van der Waals surface area contributed by atoms with Crippen molar-refractivity contribution in [2.45, 2.75) is 58.7 Å². The van der Waals surface area contributed by atoms with Gasteiger partial charge in [0, 0.05) is 25.2 Å². The van der Waals surface area contributed by atoms with Gasteiger partial charge in [-0.3, -0.25) is 0 Å². The molecule has 0 aliphatic heterocycles. The summed E-state index contributed by atoms with van der Waals surface area (Å²) in [5.74, 6) is 2.58. The monoisotopic (exact) mass is 310 g/mol. The highest BCUT2D eigenvalue weighted by Gasteiger charge is 2.19. The quantitative estimate of drug-likeness (QED) is 0.544. The summed E-state index contributed by atoms with van der Waals surface area (Å²) >= 11 is 1.60. The zero-order valence-corrected chi connectivity index (χ0v) is 15.1. The van der Waals surface area contributed by atoms with E-state index in [0.717, 1.165) is 42.7 Å². The second-order valence-corrected chi connectivity index (χ2v) is 6.42. The van der Waals surface area contributed by atoms with Crippen molar-refractivity contribution in [3.8, 4) is 0 Å². The first-order chi connectivity index (χ1) is 10.0. The van der Waals surface area contributed by atoms with Gasteiger partial charge in [0.05, 0.1) is 0 Å². The zero-order valence-electron chi connectivity index (χ0n) is 14.3. The Morgan fingerprint density at radius 2 is 1.86 bits per heavy atom. The Kier molecular flexibility index (Phi) is 7.86. The standard InChI is InChI=1S/C16H30N4S/c1-7-13(8-2)20(11-12(4)5)15-10-14(17-9-3)18-16(19-15)21-6/h10,12-13H,7-9,11H2,1-6H3,(H,17,18,19). The molecule has 0 bridgehead atoms. The van der Waals surface area contributed by atoms with E-state index in [9.17, 15) is 0 Å². The maximum absolute atomic E-state index is 4.74.